The molecule has 0 radical (unpaired) electrons. The Balaban J connectivity index is 2.17. The van der Waals surface area contributed by atoms with Crippen LogP contribution in [-0.2, 0) is 9.53 Å². The topological polar surface area (TPSA) is 78.9 Å². The molecule has 1 heterocycles. The summed E-state index contributed by atoms with van der Waals surface area (Å²) in [6.45, 7) is 3.84. The second-order valence-electron chi connectivity index (χ2n) is 4.73. The molecule has 0 saturated carbocycles. The molecule has 1 rings (SSSR count). The van der Waals surface area contributed by atoms with Crippen molar-refractivity contribution in [1.82, 2.24) is 10.2 Å². The molecule has 1 fully saturated rings. The van der Waals surface area contributed by atoms with Gasteiger partial charge in [-0.05, 0) is 19.8 Å². The van der Waals surface area contributed by atoms with Crippen LogP contribution in [0.25, 0.3) is 0 Å². The van der Waals surface area contributed by atoms with Gasteiger partial charge < -0.3 is 20.1 Å². The number of ether oxygens (including phenoxy) is 1. The Kier molecular flexibility index (Phi) is 5.91. The van der Waals surface area contributed by atoms with Crippen LogP contribution < -0.4 is 5.32 Å². The van der Waals surface area contributed by atoms with Crippen LogP contribution >= 0.6 is 0 Å². The van der Waals surface area contributed by atoms with Gasteiger partial charge in [0.2, 0.25) is 0 Å². The number of carbonyl (C=O) groups is 2. The number of carboxylic acid groups (broad SMARTS) is 1. The number of rotatable bonds is 6. The summed E-state index contributed by atoms with van der Waals surface area (Å²) in [5.41, 5.74) is 0. The molecular formula is C12H22N2O4. The highest BCUT2D eigenvalue weighted by molar-refractivity contribution is 5.74. The summed E-state index contributed by atoms with van der Waals surface area (Å²) in [6, 6.07) is -0.153. The third-order valence-electron chi connectivity index (χ3n) is 3.28. The Bertz CT molecular complexity index is 296. The molecule has 2 unspecified atom stereocenters. The molecule has 0 aromatic rings. The first-order chi connectivity index (χ1) is 8.50. The monoisotopic (exact) mass is 258 g/mol. The molecule has 1 aliphatic heterocycles. The smallest absolute Gasteiger partial charge is 0.317 e. The maximum absolute atomic E-state index is 11.7. The highest BCUT2D eigenvalue weighted by atomic mass is 16.5. The van der Waals surface area contributed by atoms with Crippen molar-refractivity contribution in [2.45, 2.75) is 32.3 Å². The Morgan fingerprint density at radius 3 is 2.78 bits per heavy atom. The van der Waals surface area contributed by atoms with E-state index in [1.165, 1.54) is 4.90 Å². The van der Waals surface area contributed by atoms with Crippen molar-refractivity contribution < 1.29 is 19.4 Å². The van der Waals surface area contributed by atoms with Gasteiger partial charge in [-0.2, -0.15) is 0 Å². The first-order valence-corrected chi connectivity index (χ1v) is 6.33. The molecule has 104 valence electrons. The summed E-state index contributed by atoms with van der Waals surface area (Å²) in [6.07, 6.45) is 1.74. The van der Waals surface area contributed by atoms with Crippen LogP contribution in [0.3, 0.4) is 0 Å². The molecule has 0 aromatic carbocycles. The summed E-state index contributed by atoms with van der Waals surface area (Å²) >= 11 is 0. The van der Waals surface area contributed by atoms with Gasteiger partial charge in [0.15, 0.2) is 0 Å². The SMILES string of the molecule is CC1OCCC1CNC(=O)N(C)CCCC(=O)O. The fourth-order valence-corrected chi connectivity index (χ4v) is 1.97. The number of carboxylic acids is 1. The Morgan fingerprint density at radius 1 is 1.50 bits per heavy atom. The van der Waals surface area contributed by atoms with Crippen LogP contribution in [0.15, 0.2) is 0 Å². The van der Waals surface area contributed by atoms with Gasteiger partial charge in [-0.25, -0.2) is 4.79 Å². The van der Waals surface area contributed by atoms with Gasteiger partial charge >= 0.3 is 12.0 Å². The van der Waals surface area contributed by atoms with E-state index < -0.39 is 5.97 Å². The van der Waals surface area contributed by atoms with Crippen molar-refractivity contribution >= 4 is 12.0 Å². The normalized spacial score (nSPS) is 22.8. The maximum Gasteiger partial charge on any atom is 0.317 e. The van der Waals surface area contributed by atoms with Crippen LogP contribution in [0.1, 0.15) is 26.2 Å². The molecule has 2 amide bonds. The van der Waals surface area contributed by atoms with Crippen LogP contribution in [-0.4, -0.2) is 54.9 Å². The van der Waals surface area contributed by atoms with Gasteiger partial charge in [0, 0.05) is 39.1 Å². The third kappa shape index (κ3) is 4.91. The summed E-state index contributed by atoms with van der Waals surface area (Å²) in [5.74, 6) is -0.456. The van der Waals surface area contributed by atoms with Gasteiger partial charge in [0.05, 0.1) is 6.10 Å². The molecule has 18 heavy (non-hydrogen) atoms. The lowest BCUT2D eigenvalue weighted by Crippen LogP contribution is -2.41. The zero-order chi connectivity index (χ0) is 13.5. The van der Waals surface area contributed by atoms with E-state index in [0.717, 1.165) is 13.0 Å². The number of urea groups is 1. The molecule has 0 spiro atoms. The van der Waals surface area contributed by atoms with Crippen molar-refractivity contribution in [3.05, 3.63) is 0 Å². The summed E-state index contributed by atoms with van der Waals surface area (Å²) in [5, 5.41) is 11.4. The third-order valence-corrected chi connectivity index (χ3v) is 3.28. The van der Waals surface area contributed by atoms with E-state index in [4.69, 9.17) is 9.84 Å². The minimum absolute atomic E-state index is 0.0884. The number of hydrogen-bond acceptors (Lipinski definition) is 3. The van der Waals surface area contributed by atoms with E-state index in [1.54, 1.807) is 7.05 Å². The van der Waals surface area contributed by atoms with E-state index in [1.807, 2.05) is 6.92 Å². The fourth-order valence-electron chi connectivity index (χ4n) is 1.97. The van der Waals surface area contributed by atoms with E-state index >= 15 is 0 Å². The quantitative estimate of drug-likeness (QED) is 0.742. The van der Waals surface area contributed by atoms with Crippen LogP contribution in [0, 0.1) is 5.92 Å². The molecule has 0 bridgehead atoms. The number of carbonyl (C=O) groups excluding carboxylic acids is 1. The van der Waals surface area contributed by atoms with Crippen LogP contribution in [0.2, 0.25) is 0 Å². The Morgan fingerprint density at radius 2 is 2.22 bits per heavy atom. The molecule has 0 aromatic heterocycles. The fraction of sp³-hybridized carbons (Fsp3) is 0.833. The van der Waals surface area contributed by atoms with Gasteiger partial charge in [-0.15, -0.1) is 0 Å². The van der Waals surface area contributed by atoms with Gasteiger partial charge in [0.1, 0.15) is 0 Å². The molecule has 1 saturated heterocycles. The Labute approximate surface area is 107 Å². The average molecular weight is 258 g/mol. The van der Waals surface area contributed by atoms with Crippen LogP contribution in [0.4, 0.5) is 4.79 Å². The minimum Gasteiger partial charge on any atom is -0.481 e. The molecule has 2 atom stereocenters. The van der Waals surface area contributed by atoms with E-state index in [9.17, 15) is 9.59 Å². The standard InChI is InChI=1S/C12H22N2O4/c1-9-10(5-7-18-9)8-13-12(17)14(2)6-3-4-11(15)16/h9-10H,3-8H2,1-2H3,(H,13,17)(H,15,16). The summed E-state index contributed by atoms with van der Waals surface area (Å²) in [4.78, 5) is 23.6. The first-order valence-electron chi connectivity index (χ1n) is 6.33. The number of hydrogen-bond donors (Lipinski definition) is 2. The van der Waals surface area contributed by atoms with Crippen molar-refractivity contribution in [1.29, 1.82) is 0 Å². The van der Waals surface area contributed by atoms with Gasteiger partial charge in [-0.1, -0.05) is 0 Å². The Hall–Kier alpha value is -1.30. The van der Waals surface area contributed by atoms with Gasteiger partial charge in [-0.3, -0.25) is 4.79 Å². The largest absolute Gasteiger partial charge is 0.481 e. The predicted octanol–water partition coefficient (Wildman–Crippen LogP) is 0.918. The highest BCUT2D eigenvalue weighted by Crippen LogP contribution is 2.19. The maximum atomic E-state index is 11.7. The summed E-state index contributed by atoms with van der Waals surface area (Å²) in [7, 11) is 1.67. The van der Waals surface area contributed by atoms with Crippen molar-refractivity contribution in [2.24, 2.45) is 5.92 Å². The number of amides is 2. The molecule has 6 heteroatoms. The second-order valence-corrected chi connectivity index (χ2v) is 4.73. The zero-order valence-corrected chi connectivity index (χ0v) is 11.0. The lowest BCUT2D eigenvalue weighted by atomic mass is 10.0. The lowest BCUT2D eigenvalue weighted by Gasteiger charge is -2.20. The minimum atomic E-state index is -0.833. The van der Waals surface area contributed by atoms with Crippen molar-refractivity contribution in [3.8, 4) is 0 Å². The average Bonchev–Trinajstić information content (AvgIpc) is 2.71. The molecule has 6 nitrogen and oxygen atoms in total. The second kappa shape index (κ2) is 7.20. The molecule has 2 N–H and O–H groups in total. The number of nitrogens with one attached hydrogen (secondary N) is 1. The lowest BCUT2D eigenvalue weighted by molar-refractivity contribution is -0.137. The summed E-state index contributed by atoms with van der Waals surface area (Å²) < 4.78 is 5.42. The van der Waals surface area contributed by atoms with Crippen molar-refractivity contribution in [2.75, 3.05) is 26.7 Å². The molecular weight excluding hydrogens is 236 g/mol. The zero-order valence-electron chi connectivity index (χ0n) is 11.0. The molecule has 1 aliphatic rings. The molecule has 0 aliphatic carbocycles. The highest BCUT2D eigenvalue weighted by Gasteiger charge is 2.24. The van der Waals surface area contributed by atoms with Crippen LogP contribution in [0.5, 0.6) is 0 Å². The van der Waals surface area contributed by atoms with Gasteiger partial charge in [0.25, 0.3) is 0 Å². The van der Waals surface area contributed by atoms with E-state index in [2.05, 4.69) is 5.32 Å². The first kappa shape index (κ1) is 14.8. The predicted molar refractivity (Wildman–Crippen MR) is 66.4 cm³/mol. The van der Waals surface area contributed by atoms with E-state index in [-0.39, 0.29) is 18.6 Å². The number of aliphatic carboxylic acids is 1. The van der Waals surface area contributed by atoms with E-state index in [0.29, 0.717) is 25.4 Å². The number of nitrogens with zero attached hydrogens (tertiary/aromatic N) is 1. The van der Waals surface area contributed by atoms with Crippen molar-refractivity contribution in [3.63, 3.8) is 0 Å².